The molecule has 60 valence electrons. The van der Waals surface area contributed by atoms with Gasteiger partial charge in [0.1, 0.15) is 0 Å². The highest BCUT2D eigenvalue weighted by Gasteiger charge is 2.14. The lowest BCUT2D eigenvalue weighted by atomic mass is 10.6. The lowest BCUT2D eigenvalue weighted by molar-refractivity contribution is -0.117. The minimum atomic E-state index is -0.398. The number of imide groups is 1. The Labute approximate surface area is 65.0 Å². The summed E-state index contributed by atoms with van der Waals surface area (Å²) in [6.45, 7) is 6.85. The lowest BCUT2D eigenvalue weighted by Gasteiger charge is -1.78. The van der Waals surface area contributed by atoms with Crippen LogP contribution in [0.2, 0.25) is 0 Å². The van der Waals surface area contributed by atoms with Gasteiger partial charge >= 0.3 is 6.03 Å². The van der Waals surface area contributed by atoms with Gasteiger partial charge in [-0.05, 0) is 0 Å². The van der Waals surface area contributed by atoms with Crippen molar-refractivity contribution in [3.8, 4) is 0 Å². The fourth-order valence-electron chi connectivity index (χ4n) is 0.376. The number of nitrogens with one attached hydrogen (secondary N) is 2. The fourth-order valence-corrected chi connectivity index (χ4v) is 0.376. The normalized spacial score (nSPS) is 13.8. The molecule has 0 spiro atoms. The zero-order chi connectivity index (χ0) is 8.69. The Hall–Kier alpha value is -1.58. The van der Waals surface area contributed by atoms with Crippen LogP contribution in [0.3, 0.4) is 0 Å². The summed E-state index contributed by atoms with van der Waals surface area (Å²) < 4.78 is 0. The lowest BCUT2D eigenvalue weighted by Crippen LogP contribution is -2.22. The largest absolute Gasteiger partial charge is 0.329 e. The van der Waals surface area contributed by atoms with Crippen LogP contribution in [0, 0.1) is 0 Å². The molecule has 1 aliphatic heterocycles. The van der Waals surface area contributed by atoms with Crippen LogP contribution in [0.4, 0.5) is 4.79 Å². The molecule has 11 heavy (non-hydrogen) atoms. The van der Waals surface area contributed by atoms with Crippen molar-refractivity contribution in [1.82, 2.24) is 10.6 Å². The molecule has 3 amide bonds. The summed E-state index contributed by atoms with van der Waals surface area (Å²) >= 11 is 0. The monoisotopic (exact) mass is 154 g/mol. The number of allylic oxidation sites excluding steroid dienone is 2. The first-order chi connectivity index (χ1) is 5.20. The molecule has 0 bridgehead atoms. The molecule has 1 fully saturated rings. The van der Waals surface area contributed by atoms with E-state index in [9.17, 15) is 9.59 Å². The van der Waals surface area contributed by atoms with Crippen molar-refractivity contribution in [1.29, 1.82) is 0 Å². The first kappa shape index (κ1) is 9.42. The highest BCUT2D eigenvalue weighted by Crippen LogP contribution is 1.73. The van der Waals surface area contributed by atoms with E-state index in [4.69, 9.17) is 0 Å². The van der Waals surface area contributed by atoms with Crippen LogP contribution in [-0.2, 0) is 4.79 Å². The molecule has 0 aromatic rings. The number of rotatable bonds is 1. The molecule has 2 N–H and O–H groups in total. The first-order valence-electron chi connectivity index (χ1n) is 3.02. The van der Waals surface area contributed by atoms with Crippen LogP contribution >= 0.6 is 0 Å². The number of hydrogen-bond acceptors (Lipinski definition) is 2. The van der Waals surface area contributed by atoms with E-state index in [1.165, 1.54) is 0 Å². The predicted molar refractivity (Wildman–Crippen MR) is 41.9 cm³/mol. The number of carbonyl (C=O) groups excluding carboxylic acids is 2. The molecule has 1 saturated heterocycles. The van der Waals surface area contributed by atoms with Gasteiger partial charge in [-0.15, -0.1) is 0 Å². The molecule has 0 unspecified atom stereocenters. The third-order valence-corrected chi connectivity index (χ3v) is 0.829. The summed E-state index contributed by atoms with van der Waals surface area (Å²) in [5.41, 5.74) is 0. The van der Waals surface area contributed by atoms with Gasteiger partial charge in [0.05, 0.1) is 6.54 Å². The minimum Gasteiger partial charge on any atom is -0.329 e. The van der Waals surface area contributed by atoms with E-state index in [-0.39, 0.29) is 12.5 Å². The van der Waals surface area contributed by atoms with Gasteiger partial charge in [-0.3, -0.25) is 10.1 Å². The molecule has 0 atom stereocenters. The van der Waals surface area contributed by atoms with Crippen molar-refractivity contribution in [3.63, 3.8) is 0 Å². The first-order valence-corrected chi connectivity index (χ1v) is 3.02. The average molecular weight is 154 g/mol. The summed E-state index contributed by atoms with van der Waals surface area (Å²) in [7, 11) is 0. The van der Waals surface area contributed by atoms with Crippen molar-refractivity contribution in [3.05, 3.63) is 25.3 Å². The van der Waals surface area contributed by atoms with E-state index >= 15 is 0 Å². The molecule has 1 aliphatic rings. The summed E-state index contributed by atoms with van der Waals surface area (Å²) in [5.74, 6) is -0.259. The quantitative estimate of drug-likeness (QED) is 0.418. The average Bonchev–Trinajstić information content (AvgIpc) is 2.35. The third kappa shape index (κ3) is 4.90. The number of carbonyl (C=O) groups is 2. The Morgan fingerprint density at radius 1 is 1.27 bits per heavy atom. The van der Waals surface area contributed by atoms with Crippen LogP contribution in [0.5, 0.6) is 0 Å². The predicted octanol–water partition coefficient (Wildman–Crippen LogP) is 0.184. The SMILES string of the molecule is C=CC=C.O=C1CNC(=O)N1. The summed E-state index contributed by atoms with van der Waals surface area (Å²) in [6, 6.07) is -0.398. The number of amides is 3. The Balaban J connectivity index is 0.000000218. The molecular formula is C7H10N2O2. The zero-order valence-corrected chi connectivity index (χ0v) is 6.09. The molecule has 4 heteroatoms. The van der Waals surface area contributed by atoms with Gasteiger partial charge in [-0.2, -0.15) is 0 Å². The minimum absolute atomic E-state index is 0.124. The van der Waals surface area contributed by atoms with E-state index in [0.29, 0.717) is 0 Å². The maximum atomic E-state index is 10.1. The summed E-state index contributed by atoms with van der Waals surface area (Å²) in [5, 5.41) is 4.30. The fraction of sp³-hybridized carbons (Fsp3) is 0.143. The molecule has 4 nitrogen and oxygen atoms in total. The van der Waals surface area contributed by atoms with Gasteiger partial charge in [-0.1, -0.05) is 25.3 Å². The van der Waals surface area contributed by atoms with E-state index in [0.717, 1.165) is 0 Å². The van der Waals surface area contributed by atoms with Crippen LogP contribution in [0.1, 0.15) is 0 Å². The molecular weight excluding hydrogens is 144 g/mol. The zero-order valence-electron chi connectivity index (χ0n) is 6.09. The van der Waals surface area contributed by atoms with Crippen LogP contribution in [-0.4, -0.2) is 18.5 Å². The smallest absolute Gasteiger partial charge is 0.321 e. The summed E-state index contributed by atoms with van der Waals surface area (Å²) in [6.07, 6.45) is 3.28. The van der Waals surface area contributed by atoms with Gasteiger partial charge in [0.15, 0.2) is 0 Å². The van der Waals surface area contributed by atoms with Crippen molar-refractivity contribution in [2.24, 2.45) is 0 Å². The van der Waals surface area contributed by atoms with Crippen molar-refractivity contribution < 1.29 is 9.59 Å². The van der Waals surface area contributed by atoms with Gasteiger partial charge in [0, 0.05) is 0 Å². The van der Waals surface area contributed by atoms with Gasteiger partial charge in [0.25, 0.3) is 0 Å². The van der Waals surface area contributed by atoms with Gasteiger partial charge in [-0.25, -0.2) is 4.79 Å². The van der Waals surface area contributed by atoms with Crippen molar-refractivity contribution in [2.45, 2.75) is 0 Å². The Bertz CT molecular complexity index is 167. The van der Waals surface area contributed by atoms with E-state index in [2.05, 4.69) is 18.5 Å². The molecule has 0 aliphatic carbocycles. The van der Waals surface area contributed by atoms with E-state index < -0.39 is 6.03 Å². The van der Waals surface area contributed by atoms with Crippen molar-refractivity contribution in [2.75, 3.05) is 6.54 Å². The second kappa shape index (κ2) is 5.22. The molecule has 1 rings (SSSR count). The van der Waals surface area contributed by atoms with Crippen molar-refractivity contribution >= 4 is 11.9 Å². The molecule has 0 saturated carbocycles. The Kier molecular flexibility index (Phi) is 4.47. The summed E-state index contributed by atoms with van der Waals surface area (Å²) in [4.78, 5) is 20.1. The second-order valence-corrected chi connectivity index (χ2v) is 1.70. The maximum Gasteiger partial charge on any atom is 0.321 e. The Morgan fingerprint density at radius 3 is 1.91 bits per heavy atom. The number of urea groups is 1. The Morgan fingerprint density at radius 2 is 1.82 bits per heavy atom. The van der Waals surface area contributed by atoms with E-state index in [1.807, 2.05) is 5.32 Å². The number of hydrogen-bond donors (Lipinski definition) is 2. The maximum absolute atomic E-state index is 10.1. The van der Waals surface area contributed by atoms with Crippen LogP contribution < -0.4 is 10.6 Å². The molecule has 0 aromatic heterocycles. The topological polar surface area (TPSA) is 58.2 Å². The van der Waals surface area contributed by atoms with Gasteiger partial charge in [0.2, 0.25) is 5.91 Å². The highest BCUT2D eigenvalue weighted by molar-refractivity contribution is 6.01. The van der Waals surface area contributed by atoms with Crippen LogP contribution in [0.15, 0.2) is 25.3 Å². The second-order valence-electron chi connectivity index (χ2n) is 1.70. The van der Waals surface area contributed by atoms with E-state index in [1.54, 1.807) is 12.2 Å². The molecule has 0 radical (unpaired) electrons. The standard InChI is InChI=1S/C4H6.C3H4N2O2/c1-3-4-2;6-2-1-4-3(7)5-2/h3-4H,1-2H2;1H2,(H2,4,5,6,7). The highest BCUT2D eigenvalue weighted by atomic mass is 16.2. The molecule has 1 heterocycles. The van der Waals surface area contributed by atoms with Gasteiger partial charge < -0.3 is 5.32 Å². The third-order valence-electron chi connectivity index (χ3n) is 0.829. The molecule has 0 aromatic carbocycles. The van der Waals surface area contributed by atoms with Crippen LogP contribution in [0.25, 0.3) is 0 Å².